The van der Waals surface area contributed by atoms with Crippen molar-refractivity contribution in [3.8, 4) is 5.75 Å². The van der Waals surface area contributed by atoms with Crippen LogP contribution in [0.1, 0.15) is 25.8 Å². The number of benzene rings is 1. The molecule has 31 heavy (non-hydrogen) atoms. The number of hydrogen-bond acceptors (Lipinski definition) is 7. The van der Waals surface area contributed by atoms with Gasteiger partial charge in [0.2, 0.25) is 17.7 Å². The van der Waals surface area contributed by atoms with Gasteiger partial charge in [-0.25, -0.2) is 4.79 Å². The van der Waals surface area contributed by atoms with Crippen molar-refractivity contribution < 1.29 is 34.5 Å². The smallest absolute Gasteiger partial charge is 0.326 e. The summed E-state index contributed by atoms with van der Waals surface area (Å²) in [7, 11) is 0. The quantitative estimate of drug-likeness (QED) is 0.204. The Balaban J connectivity index is 2.52. The first-order valence-electron chi connectivity index (χ1n) is 9.78. The molecule has 8 N–H and O–H groups in total. The summed E-state index contributed by atoms with van der Waals surface area (Å²) < 4.78 is 0. The highest BCUT2D eigenvalue weighted by Crippen LogP contribution is 2.10. The number of amides is 3. The van der Waals surface area contributed by atoms with E-state index < -0.39 is 55.0 Å². The molecule has 0 aromatic heterocycles. The van der Waals surface area contributed by atoms with Crippen molar-refractivity contribution in [3.63, 3.8) is 0 Å². The zero-order chi connectivity index (χ0) is 23.6. The number of carboxylic acids is 1. The molecule has 0 radical (unpaired) electrons. The molecule has 1 aromatic rings. The Morgan fingerprint density at radius 2 is 1.61 bits per heavy atom. The number of nitrogens with two attached hydrogens (primary N) is 1. The van der Waals surface area contributed by atoms with Crippen molar-refractivity contribution in [1.29, 1.82) is 0 Å². The molecule has 0 aliphatic carbocycles. The van der Waals surface area contributed by atoms with Crippen molar-refractivity contribution in [2.24, 2.45) is 11.7 Å². The highest BCUT2D eigenvalue weighted by molar-refractivity contribution is 5.92. The molecular formula is C20H30N4O7. The van der Waals surface area contributed by atoms with Crippen LogP contribution in [0.15, 0.2) is 24.3 Å². The molecule has 0 spiro atoms. The third-order valence-corrected chi connectivity index (χ3v) is 4.31. The summed E-state index contributed by atoms with van der Waals surface area (Å²) in [5.74, 6) is -3.34. The largest absolute Gasteiger partial charge is 0.508 e. The molecule has 1 aromatic carbocycles. The first-order valence-corrected chi connectivity index (χ1v) is 9.78. The van der Waals surface area contributed by atoms with Crippen LogP contribution < -0.4 is 21.7 Å². The van der Waals surface area contributed by atoms with Crippen LogP contribution >= 0.6 is 0 Å². The number of rotatable bonds is 12. The molecule has 0 saturated carbocycles. The summed E-state index contributed by atoms with van der Waals surface area (Å²) in [5, 5.41) is 34.7. The van der Waals surface area contributed by atoms with E-state index >= 15 is 0 Å². The Hall–Kier alpha value is -3.18. The van der Waals surface area contributed by atoms with Gasteiger partial charge < -0.3 is 37.0 Å². The van der Waals surface area contributed by atoms with Gasteiger partial charge in [-0.3, -0.25) is 14.4 Å². The Morgan fingerprint density at radius 3 is 2.13 bits per heavy atom. The number of aliphatic hydroxyl groups is 1. The van der Waals surface area contributed by atoms with E-state index in [-0.39, 0.29) is 24.5 Å². The molecule has 11 nitrogen and oxygen atoms in total. The molecule has 0 aliphatic heterocycles. The summed E-state index contributed by atoms with van der Waals surface area (Å²) in [6.45, 7) is 2.35. The molecule has 0 fully saturated rings. The topological polar surface area (TPSA) is 191 Å². The number of nitrogens with one attached hydrogen (secondary N) is 3. The molecule has 11 heteroatoms. The number of hydrogen-bond donors (Lipinski definition) is 7. The number of carboxylic acid groups (broad SMARTS) is 1. The second kappa shape index (κ2) is 12.5. The summed E-state index contributed by atoms with van der Waals surface area (Å²) in [5.41, 5.74) is 6.52. The molecule has 0 bridgehead atoms. The number of aromatic hydroxyl groups is 1. The molecule has 3 atom stereocenters. The first-order chi connectivity index (χ1) is 14.5. The molecule has 0 saturated heterocycles. The average Bonchev–Trinajstić information content (AvgIpc) is 2.70. The van der Waals surface area contributed by atoms with E-state index in [1.54, 1.807) is 26.0 Å². The SMILES string of the molecule is CC(C)CC(NC(=O)C(CO)NC(=O)CNC(=O)C(N)Cc1ccc(O)cc1)C(=O)O. The molecule has 3 amide bonds. The van der Waals surface area contributed by atoms with Crippen LogP contribution in [-0.4, -0.2) is 70.3 Å². The van der Waals surface area contributed by atoms with Crippen LogP contribution in [-0.2, 0) is 25.6 Å². The van der Waals surface area contributed by atoms with Crippen LogP contribution in [0, 0.1) is 5.92 Å². The van der Waals surface area contributed by atoms with Crippen molar-refractivity contribution in [2.45, 2.75) is 44.8 Å². The maximum Gasteiger partial charge on any atom is 0.326 e. The van der Waals surface area contributed by atoms with E-state index in [2.05, 4.69) is 16.0 Å². The standard InChI is InChI=1S/C20H30N4O7/c1-11(2)7-15(20(30)31)24-19(29)16(10-25)23-17(27)9-22-18(28)14(21)8-12-3-5-13(26)6-4-12/h3-6,11,14-16,25-26H,7-10,21H2,1-2H3,(H,22,28)(H,23,27)(H,24,29)(H,30,31). The summed E-state index contributed by atoms with van der Waals surface area (Å²) >= 11 is 0. The van der Waals surface area contributed by atoms with Gasteiger partial charge in [-0.05, 0) is 36.5 Å². The number of aliphatic hydroxyl groups excluding tert-OH is 1. The normalized spacial score (nSPS) is 13.7. The second-order valence-electron chi connectivity index (χ2n) is 7.53. The zero-order valence-electron chi connectivity index (χ0n) is 17.5. The maximum absolute atomic E-state index is 12.2. The number of phenolic OH excluding ortho intramolecular Hbond substituents is 1. The van der Waals surface area contributed by atoms with Crippen LogP contribution in [0.2, 0.25) is 0 Å². The molecule has 172 valence electrons. The lowest BCUT2D eigenvalue weighted by Crippen LogP contribution is -2.55. The third kappa shape index (κ3) is 9.45. The Labute approximate surface area is 180 Å². The monoisotopic (exact) mass is 438 g/mol. The summed E-state index contributed by atoms with van der Waals surface area (Å²) in [6, 6.07) is 2.68. The fourth-order valence-corrected chi connectivity index (χ4v) is 2.68. The highest BCUT2D eigenvalue weighted by Gasteiger charge is 2.27. The van der Waals surface area contributed by atoms with E-state index in [9.17, 15) is 34.5 Å². The van der Waals surface area contributed by atoms with Gasteiger partial charge in [0, 0.05) is 0 Å². The average molecular weight is 438 g/mol. The van der Waals surface area contributed by atoms with Gasteiger partial charge in [0.25, 0.3) is 0 Å². The number of carbonyl (C=O) groups is 4. The van der Waals surface area contributed by atoms with Crippen LogP contribution in [0.5, 0.6) is 5.75 Å². The van der Waals surface area contributed by atoms with Crippen molar-refractivity contribution in [2.75, 3.05) is 13.2 Å². The number of phenols is 1. The van der Waals surface area contributed by atoms with E-state index in [1.807, 2.05) is 0 Å². The third-order valence-electron chi connectivity index (χ3n) is 4.31. The van der Waals surface area contributed by atoms with E-state index in [0.29, 0.717) is 0 Å². The van der Waals surface area contributed by atoms with Gasteiger partial charge in [-0.15, -0.1) is 0 Å². The fourth-order valence-electron chi connectivity index (χ4n) is 2.68. The van der Waals surface area contributed by atoms with E-state index in [4.69, 9.17) is 5.73 Å². The van der Waals surface area contributed by atoms with Crippen LogP contribution in [0.4, 0.5) is 0 Å². The summed E-state index contributed by atoms with van der Waals surface area (Å²) in [6.07, 6.45) is 0.365. The lowest BCUT2D eigenvalue weighted by molar-refractivity contribution is -0.143. The first kappa shape index (κ1) is 25.9. The van der Waals surface area contributed by atoms with Crippen molar-refractivity contribution in [3.05, 3.63) is 29.8 Å². The minimum absolute atomic E-state index is 0.00423. The molecular weight excluding hydrogens is 408 g/mol. The minimum Gasteiger partial charge on any atom is -0.508 e. The fraction of sp³-hybridized carbons (Fsp3) is 0.500. The zero-order valence-corrected chi connectivity index (χ0v) is 17.5. The lowest BCUT2D eigenvalue weighted by Gasteiger charge is -2.21. The molecule has 0 aliphatic rings. The number of carbonyl (C=O) groups excluding carboxylic acids is 3. The molecule has 0 heterocycles. The highest BCUT2D eigenvalue weighted by atomic mass is 16.4. The minimum atomic E-state index is -1.37. The molecule has 3 unspecified atom stereocenters. The number of aliphatic carboxylic acids is 1. The second-order valence-corrected chi connectivity index (χ2v) is 7.53. The Morgan fingerprint density at radius 1 is 1.00 bits per heavy atom. The van der Waals surface area contributed by atoms with Crippen LogP contribution in [0.25, 0.3) is 0 Å². The lowest BCUT2D eigenvalue weighted by atomic mass is 10.0. The van der Waals surface area contributed by atoms with E-state index in [1.165, 1.54) is 12.1 Å². The van der Waals surface area contributed by atoms with E-state index in [0.717, 1.165) is 5.56 Å². The van der Waals surface area contributed by atoms with Gasteiger partial charge in [0.05, 0.1) is 19.2 Å². The predicted octanol–water partition coefficient (Wildman–Crippen LogP) is -1.53. The maximum atomic E-state index is 12.2. The Kier molecular flexibility index (Phi) is 10.4. The van der Waals surface area contributed by atoms with Gasteiger partial charge in [0.15, 0.2) is 0 Å². The predicted molar refractivity (Wildman–Crippen MR) is 111 cm³/mol. The van der Waals surface area contributed by atoms with Gasteiger partial charge >= 0.3 is 5.97 Å². The van der Waals surface area contributed by atoms with Gasteiger partial charge in [-0.2, -0.15) is 0 Å². The van der Waals surface area contributed by atoms with Gasteiger partial charge in [0.1, 0.15) is 17.8 Å². The Bertz CT molecular complexity index is 767. The summed E-state index contributed by atoms with van der Waals surface area (Å²) in [4.78, 5) is 47.6. The molecule has 1 rings (SSSR count). The van der Waals surface area contributed by atoms with Crippen LogP contribution in [0.3, 0.4) is 0 Å². The van der Waals surface area contributed by atoms with Crippen molar-refractivity contribution >= 4 is 23.7 Å². The van der Waals surface area contributed by atoms with Crippen molar-refractivity contribution in [1.82, 2.24) is 16.0 Å². The van der Waals surface area contributed by atoms with Gasteiger partial charge in [-0.1, -0.05) is 26.0 Å².